The highest BCUT2D eigenvalue weighted by atomic mass is 79.9. The number of imide groups is 1. The summed E-state index contributed by atoms with van der Waals surface area (Å²) in [5.74, 6) is -0.591. The Morgan fingerprint density at radius 1 is 1.19 bits per heavy atom. The minimum atomic E-state index is -0.305. The molecule has 6 nitrogen and oxygen atoms in total. The summed E-state index contributed by atoms with van der Waals surface area (Å²) in [5, 5.41) is 3.13. The molecule has 2 aromatic rings. The molecule has 0 saturated heterocycles. The van der Waals surface area contributed by atoms with Gasteiger partial charge in [0.2, 0.25) is 0 Å². The molecule has 7 heteroatoms. The number of carbonyl (C=O) groups is 2. The summed E-state index contributed by atoms with van der Waals surface area (Å²) in [7, 11) is 1.47. The van der Waals surface area contributed by atoms with Crippen LogP contribution in [-0.2, 0) is 0 Å². The summed E-state index contributed by atoms with van der Waals surface area (Å²) < 4.78 is 0.711. The molecule has 0 spiro atoms. The topological polar surface area (TPSA) is 88.3 Å². The number of pyridine rings is 1. The molecule has 1 aromatic heterocycles. The van der Waals surface area contributed by atoms with E-state index in [1.54, 1.807) is 24.4 Å². The molecule has 0 bridgehead atoms. The fraction of sp³-hybridized carbons (Fsp3) is 0.0714. The fourth-order valence-electron chi connectivity index (χ4n) is 2.17. The number of aromatic nitrogens is 1. The van der Waals surface area contributed by atoms with Gasteiger partial charge in [-0.15, -0.1) is 0 Å². The molecular weight excluding hydrogens is 336 g/mol. The van der Waals surface area contributed by atoms with Gasteiger partial charge >= 0.3 is 0 Å². The third-order valence-electron chi connectivity index (χ3n) is 3.29. The van der Waals surface area contributed by atoms with Crippen molar-refractivity contribution in [3.05, 3.63) is 46.2 Å². The molecule has 2 heterocycles. The van der Waals surface area contributed by atoms with Gasteiger partial charge in [0.05, 0.1) is 33.2 Å². The first-order chi connectivity index (χ1) is 9.99. The van der Waals surface area contributed by atoms with E-state index in [9.17, 15) is 9.59 Å². The molecule has 0 fully saturated rings. The second-order valence-electron chi connectivity index (χ2n) is 4.64. The smallest absolute Gasteiger partial charge is 0.261 e. The number of anilines is 3. The van der Waals surface area contributed by atoms with Crippen LogP contribution in [0.5, 0.6) is 0 Å². The Labute approximate surface area is 129 Å². The van der Waals surface area contributed by atoms with E-state index in [0.717, 1.165) is 4.90 Å². The average Bonchev–Trinajstić information content (AvgIpc) is 2.68. The van der Waals surface area contributed by atoms with E-state index >= 15 is 0 Å². The molecule has 21 heavy (non-hydrogen) atoms. The van der Waals surface area contributed by atoms with Crippen molar-refractivity contribution < 1.29 is 9.59 Å². The van der Waals surface area contributed by atoms with Crippen LogP contribution >= 0.6 is 15.9 Å². The third-order valence-corrected chi connectivity index (χ3v) is 3.89. The Balaban J connectivity index is 2.00. The summed E-state index contributed by atoms with van der Waals surface area (Å²) in [6.07, 6.45) is 3.15. The predicted octanol–water partition coefficient (Wildman–Crippen LogP) is 2.40. The molecule has 1 aliphatic rings. The maximum absolute atomic E-state index is 12.0. The number of hydrogen-bond acceptors (Lipinski definition) is 5. The molecule has 106 valence electrons. The van der Waals surface area contributed by atoms with E-state index < -0.39 is 0 Å². The summed E-state index contributed by atoms with van der Waals surface area (Å²) >= 11 is 3.36. The lowest BCUT2D eigenvalue weighted by Gasteiger charge is -2.11. The van der Waals surface area contributed by atoms with Crippen molar-refractivity contribution in [2.45, 2.75) is 0 Å². The number of fused-ring (bicyclic) bond motifs is 1. The Kier molecular flexibility index (Phi) is 3.13. The minimum absolute atomic E-state index is 0.286. The van der Waals surface area contributed by atoms with E-state index in [1.165, 1.54) is 13.2 Å². The zero-order valence-corrected chi connectivity index (χ0v) is 12.6. The number of amides is 2. The summed E-state index contributed by atoms with van der Waals surface area (Å²) in [6.45, 7) is 0. The lowest BCUT2D eigenvalue weighted by molar-refractivity contribution is 0.0693. The first kappa shape index (κ1) is 13.6. The molecule has 0 aliphatic carbocycles. The number of nitrogens with two attached hydrogens (primary N) is 1. The second kappa shape index (κ2) is 4.85. The number of carbonyl (C=O) groups excluding carboxylic acids is 2. The van der Waals surface area contributed by atoms with Gasteiger partial charge in [0, 0.05) is 18.9 Å². The average molecular weight is 347 g/mol. The maximum Gasteiger partial charge on any atom is 0.261 e. The number of benzene rings is 1. The van der Waals surface area contributed by atoms with Gasteiger partial charge in [-0.1, -0.05) is 0 Å². The largest absolute Gasteiger partial charge is 0.396 e. The zero-order valence-electron chi connectivity index (χ0n) is 11.1. The quantitative estimate of drug-likeness (QED) is 0.815. The van der Waals surface area contributed by atoms with Crippen molar-refractivity contribution in [2.24, 2.45) is 0 Å². The first-order valence-corrected chi connectivity index (χ1v) is 6.91. The minimum Gasteiger partial charge on any atom is -0.396 e. The lowest BCUT2D eigenvalue weighted by Crippen LogP contribution is -2.24. The van der Waals surface area contributed by atoms with Crippen molar-refractivity contribution in [3.63, 3.8) is 0 Å². The molecule has 1 aromatic carbocycles. The highest BCUT2D eigenvalue weighted by molar-refractivity contribution is 9.10. The SMILES string of the molecule is CN1C(=O)c2ccc(Nc3c(N)cncc3Br)cc2C1=O. The van der Waals surface area contributed by atoms with Crippen LogP contribution < -0.4 is 11.1 Å². The molecule has 1 aliphatic heterocycles. The van der Waals surface area contributed by atoms with E-state index in [1.807, 2.05) is 0 Å². The van der Waals surface area contributed by atoms with Crippen molar-refractivity contribution in [1.82, 2.24) is 9.88 Å². The standard InChI is InChI=1S/C14H11BrN4O2/c1-19-13(20)8-3-2-7(4-9(8)14(19)21)18-12-10(15)5-17-6-11(12)16/h2-6H,16H2,1H3,(H,17,18). The molecule has 0 radical (unpaired) electrons. The van der Waals surface area contributed by atoms with Crippen molar-refractivity contribution in [1.29, 1.82) is 0 Å². The van der Waals surface area contributed by atoms with Gasteiger partial charge in [-0.05, 0) is 34.1 Å². The normalized spacial score (nSPS) is 13.5. The van der Waals surface area contributed by atoms with Gasteiger partial charge in [0.15, 0.2) is 0 Å². The Bertz CT molecular complexity index is 755. The number of rotatable bonds is 2. The Hall–Kier alpha value is -2.41. The third kappa shape index (κ3) is 2.15. The van der Waals surface area contributed by atoms with Crippen LogP contribution in [0.3, 0.4) is 0 Å². The van der Waals surface area contributed by atoms with Crippen LogP contribution in [0, 0.1) is 0 Å². The lowest BCUT2D eigenvalue weighted by atomic mass is 10.1. The summed E-state index contributed by atoms with van der Waals surface area (Å²) in [4.78, 5) is 28.9. The number of nitrogens with zero attached hydrogens (tertiary/aromatic N) is 2. The number of nitrogens with one attached hydrogen (secondary N) is 1. The molecule has 3 rings (SSSR count). The van der Waals surface area contributed by atoms with E-state index in [0.29, 0.717) is 32.7 Å². The van der Waals surface area contributed by atoms with Gasteiger partial charge in [0.1, 0.15) is 0 Å². The van der Waals surface area contributed by atoms with Crippen LogP contribution in [-0.4, -0.2) is 28.7 Å². The molecule has 2 amide bonds. The molecule has 0 unspecified atom stereocenters. The van der Waals surface area contributed by atoms with Gasteiger partial charge < -0.3 is 11.1 Å². The Morgan fingerprint density at radius 3 is 2.62 bits per heavy atom. The fourth-order valence-corrected chi connectivity index (χ4v) is 2.61. The molecule has 0 atom stereocenters. The van der Waals surface area contributed by atoms with Crippen LogP contribution in [0.25, 0.3) is 0 Å². The van der Waals surface area contributed by atoms with Crippen molar-refractivity contribution in [3.8, 4) is 0 Å². The predicted molar refractivity (Wildman–Crippen MR) is 82.5 cm³/mol. The molecule has 0 saturated carbocycles. The van der Waals surface area contributed by atoms with Gasteiger partial charge in [-0.25, -0.2) is 0 Å². The molecule has 3 N–H and O–H groups in total. The van der Waals surface area contributed by atoms with Crippen LogP contribution in [0.1, 0.15) is 20.7 Å². The summed E-state index contributed by atoms with van der Waals surface area (Å²) in [6, 6.07) is 5.01. The van der Waals surface area contributed by atoms with E-state index in [4.69, 9.17) is 5.73 Å². The first-order valence-electron chi connectivity index (χ1n) is 6.11. The van der Waals surface area contributed by atoms with Crippen molar-refractivity contribution >= 4 is 44.8 Å². The zero-order chi connectivity index (χ0) is 15.1. The Morgan fingerprint density at radius 2 is 1.90 bits per heavy atom. The number of nitrogen functional groups attached to an aromatic ring is 1. The van der Waals surface area contributed by atoms with E-state index in [2.05, 4.69) is 26.2 Å². The summed E-state index contributed by atoms with van der Waals surface area (Å²) in [5.41, 5.74) is 8.48. The van der Waals surface area contributed by atoms with Gasteiger partial charge in [-0.3, -0.25) is 19.5 Å². The van der Waals surface area contributed by atoms with Crippen LogP contribution in [0.2, 0.25) is 0 Å². The van der Waals surface area contributed by atoms with Crippen LogP contribution in [0.4, 0.5) is 17.1 Å². The highest BCUT2D eigenvalue weighted by Crippen LogP contribution is 2.32. The van der Waals surface area contributed by atoms with E-state index in [-0.39, 0.29) is 11.8 Å². The highest BCUT2D eigenvalue weighted by Gasteiger charge is 2.32. The van der Waals surface area contributed by atoms with Crippen LogP contribution in [0.15, 0.2) is 35.1 Å². The van der Waals surface area contributed by atoms with Gasteiger partial charge in [-0.2, -0.15) is 0 Å². The second-order valence-corrected chi connectivity index (χ2v) is 5.49. The van der Waals surface area contributed by atoms with Crippen molar-refractivity contribution in [2.75, 3.05) is 18.1 Å². The van der Waals surface area contributed by atoms with Gasteiger partial charge in [0.25, 0.3) is 11.8 Å². The molecular formula is C14H11BrN4O2. The number of halogens is 1. The maximum atomic E-state index is 12.0. The number of hydrogen-bond donors (Lipinski definition) is 2. The monoisotopic (exact) mass is 346 g/mol.